The largest absolute Gasteiger partial charge is 0.370 e. The van der Waals surface area contributed by atoms with Gasteiger partial charge in [0.2, 0.25) is 5.91 Å². The zero-order valence-electron chi connectivity index (χ0n) is 16.8. The van der Waals surface area contributed by atoms with Crippen molar-refractivity contribution in [1.29, 1.82) is 0 Å². The second-order valence-corrected chi connectivity index (χ2v) is 9.46. The molecular weight excluding hydrogens is 409 g/mol. The molecule has 3 amide bonds. The number of carbonyl (C=O) groups excluding carboxylic acids is 2. The smallest absolute Gasteiger partial charge is 0.318 e. The summed E-state index contributed by atoms with van der Waals surface area (Å²) in [5, 5.41) is 2.61. The fraction of sp³-hybridized carbons (Fsp3) is 0.667. The Morgan fingerprint density at radius 1 is 1.23 bits per heavy atom. The van der Waals surface area contributed by atoms with E-state index in [1.54, 1.807) is 17.3 Å². The number of nitrogens with two attached hydrogens (primary N) is 2. The number of halogens is 2. The molecule has 1 aromatic rings. The van der Waals surface area contributed by atoms with E-state index in [-0.39, 0.29) is 60.1 Å². The number of pyridine rings is 1. The van der Waals surface area contributed by atoms with Crippen LogP contribution in [0, 0.1) is 5.92 Å². The normalized spacial score (nSPS) is 38.3. The highest BCUT2D eigenvalue weighted by molar-refractivity contribution is 6.21. The maximum Gasteiger partial charge on any atom is 0.318 e. The van der Waals surface area contributed by atoms with Gasteiger partial charge in [0.25, 0.3) is 0 Å². The Kier molecular flexibility index (Phi) is 6.16. The lowest BCUT2D eigenvalue weighted by Crippen LogP contribution is -2.62. The number of hydrogen-bond donors (Lipinski definition) is 3. The first-order valence-electron chi connectivity index (χ1n) is 10.7. The van der Waals surface area contributed by atoms with Crippen molar-refractivity contribution >= 4 is 23.5 Å². The van der Waals surface area contributed by atoms with Crippen molar-refractivity contribution in [3.05, 3.63) is 30.1 Å². The minimum Gasteiger partial charge on any atom is -0.370 e. The molecule has 3 aliphatic rings. The topological polar surface area (TPSA) is 114 Å². The van der Waals surface area contributed by atoms with E-state index in [0.29, 0.717) is 12.8 Å². The Morgan fingerprint density at radius 2 is 1.97 bits per heavy atom. The molecule has 0 radical (unpaired) electrons. The van der Waals surface area contributed by atoms with Crippen molar-refractivity contribution in [3.63, 3.8) is 0 Å². The molecule has 7 nitrogen and oxygen atoms in total. The molecule has 164 valence electrons. The Balaban J connectivity index is 1.39. The zero-order valence-corrected chi connectivity index (χ0v) is 17.5. The SMILES string of the molecule is NC(=O)CC1CC2CCC(C1N)N2C(=O)NC1CC(Cl)C(c2ccncc2)CC1F. The first-order valence-corrected chi connectivity index (χ1v) is 11.1. The minimum absolute atomic E-state index is 0.0113. The molecule has 0 aromatic carbocycles. The van der Waals surface area contributed by atoms with Crippen LogP contribution in [0.15, 0.2) is 24.5 Å². The second kappa shape index (κ2) is 8.67. The molecule has 8 atom stereocenters. The number of piperidine rings is 1. The van der Waals surface area contributed by atoms with Crippen LogP contribution in [0.2, 0.25) is 0 Å². The zero-order chi connectivity index (χ0) is 21.4. The molecule has 0 spiro atoms. The lowest BCUT2D eigenvalue weighted by Gasteiger charge is -2.44. The van der Waals surface area contributed by atoms with Gasteiger partial charge >= 0.3 is 6.03 Å². The summed E-state index contributed by atoms with van der Waals surface area (Å²) in [5.74, 6) is -0.486. The van der Waals surface area contributed by atoms with E-state index >= 15 is 0 Å². The van der Waals surface area contributed by atoms with Gasteiger partial charge in [-0.05, 0) is 55.7 Å². The average molecular weight is 438 g/mol. The van der Waals surface area contributed by atoms with E-state index in [0.717, 1.165) is 18.4 Å². The van der Waals surface area contributed by atoms with E-state index in [1.807, 2.05) is 12.1 Å². The number of urea groups is 1. The van der Waals surface area contributed by atoms with Gasteiger partial charge in [0.05, 0.1) is 6.04 Å². The first-order chi connectivity index (χ1) is 14.3. The van der Waals surface area contributed by atoms with Crippen LogP contribution in [-0.4, -0.2) is 57.5 Å². The van der Waals surface area contributed by atoms with Gasteiger partial charge in [-0.15, -0.1) is 11.6 Å². The van der Waals surface area contributed by atoms with Crippen molar-refractivity contribution in [3.8, 4) is 0 Å². The van der Waals surface area contributed by atoms with Gasteiger partial charge in [-0.1, -0.05) is 0 Å². The van der Waals surface area contributed by atoms with Crippen LogP contribution in [0.3, 0.4) is 0 Å². The van der Waals surface area contributed by atoms with E-state index in [4.69, 9.17) is 23.1 Å². The number of primary amides is 1. The van der Waals surface area contributed by atoms with Gasteiger partial charge in [-0.3, -0.25) is 9.78 Å². The maximum absolute atomic E-state index is 15.0. The number of carbonyl (C=O) groups is 2. The summed E-state index contributed by atoms with van der Waals surface area (Å²) in [5.41, 5.74) is 12.7. The molecule has 2 bridgehead atoms. The number of aromatic nitrogens is 1. The molecule has 3 fully saturated rings. The van der Waals surface area contributed by atoms with Crippen LogP contribution < -0.4 is 16.8 Å². The summed E-state index contributed by atoms with van der Waals surface area (Å²) >= 11 is 6.59. The molecule has 1 saturated carbocycles. The lowest BCUT2D eigenvalue weighted by atomic mass is 9.80. The summed E-state index contributed by atoms with van der Waals surface area (Å²) in [7, 11) is 0. The van der Waals surface area contributed by atoms with Crippen molar-refractivity contribution in [2.45, 2.75) is 80.2 Å². The van der Waals surface area contributed by atoms with E-state index in [9.17, 15) is 14.0 Å². The summed E-state index contributed by atoms with van der Waals surface area (Å²) < 4.78 is 15.0. The monoisotopic (exact) mass is 437 g/mol. The standard InChI is InChI=1S/C21H29ClFN5O2/c22-15-10-17(16(23)9-14(15)11-3-5-26-6-4-11)27-21(30)28-13-1-2-18(28)20(25)12(7-13)8-19(24)29/h3-6,12-18,20H,1-2,7-10,25H2,(H2,24,29)(H,27,30). The van der Waals surface area contributed by atoms with Gasteiger partial charge in [-0.2, -0.15) is 0 Å². The number of amides is 3. The van der Waals surface area contributed by atoms with Gasteiger partial charge in [0.1, 0.15) is 6.17 Å². The molecule has 2 aliphatic heterocycles. The fourth-order valence-electron chi connectivity index (χ4n) is 5.58. The molecule has 9 heteroatoms. The number of nitrogens with zero attached hydrogens (tertiary/aromatic N) is 2. The Labute approximate surface area is 180 Å². The maximum atomic E-state index is 15.0. The molecule has 2 saturated heterocycles. The average Bonchev–Trinajstić information content (AvgIpc) is 3.06. The molecule has 30 heavy (non-hydrogen) atoms. The number of nitrogens with one attached hydrogen (secondary N) is 1. The summed E-state index contributed by atoms with van der Waals surface area (Å²) in [6, 6.07) is 2.38. The number of hydrogen-bond acceptors (Lipinski definition) is 4. The fourth-order valence-corrected chi connectivity index (χ4v) is 6.02. The van der Waals surface area contributed by atoms with Gasteiger partial charge in [0.15, 0.2) is 0 Å². The molecule has 1 aromatic heterocycles. The Hall–Kier alpha value is -1.93. The van der Waals surface area contributed by atoms with Gasteiger partial charge < -0.3 is 21.7 Å². The van der Waals surface area contributed by atoms with Gasteiger partial charge in [-0.25, -0.2) is 9.18 Å². The van der Waals surface area contributed by atoms with Crippen molar-refractivity contribution in [2.75, 3.05) is 0 Å². The highest BCUT2D eigenvalue weighted by Crippen LogP contribution is 2.41. The van der Waals surface area contributed by atoms with Crippen LogP contribution in [0.4, 0.5) is 9.18 Å². The third kappa shape index (κ3) is 4.12. The highest BCUT2D eigenvalue weighted by atomic mass is 35.5. The predicted molar refractivity (Wildman–Crippen MR) is 112 cm³/mol. The molecular formula is C21H29ClFN5O2. The number of rotatable bonds is 4. The third-order valence-electron chi connectivity index (χ3n) is 7.08. The van der Waals surface area contributed by atoms with Crippen LogP contribution >= 0.6 is 11.6 Å². The summed E-state index contributed by atoms with van der Waals surface area (Å²) in [6.45, 7) is 0. The van der Waals surface area contributed by atoms with Crippen LogP contribution in [-0.2, 0) is 4.79 Å². The number of alkyl halides is 2. The number of fused-ring (bicyclic) bond motifs is 2. The molecule has 3 heterocycles. The predicted octanol–water partition coefficient (Wildman–Crippen LogP) is 2.04. The third-order valence-corrected chi connectivity index (χ3v) is 7.56. The molecule has 4 rings (SSSR count). The first kappa shape index (κ1) is 21.3. The molecule has 1 aliphatic carbocycles. The van der Waals surface area contributed by atoms with Crippen molar-refractivity contribution in [1.82, 2.24) is 15.2 Å². The Bertz CT molecular complexity index is 784. The highest BCUT2D eigenvalue weighted by Gasteiger charge is 2.49. The van der Waals surface area contributed by atoms with Crippen molar-refractivity contribution in [2.24, 2.45) is 17.4 Å². The molecule has 8 unspecified atom stereocenters. The van der Waals surface area contributed by atoms with E-state index in [2.05, 4.69) is 10.3 Å². The quantitative estimate of drug-likeness (QED) is 0.625. The lowest BCUT2D eigenvalue weighted by molar-refractivity contribution is -0.119. The van der Waals surface area contributed by atoms with E-state index < -0.39 is 12.2 Å². The van der Waals surface area contributed by atoms with Crippen LogP contribution in [0.1, 0.15) is 50.0 Å². The summed E-state index contributed by atoms with van der Waals surface area (Å²) in [6.07, 6.45) is 5.33. The van der Waals surface area contributed by atoms with Crippen LogP contribution in [0.25, 0.3) is 0 Å². The summed E-state index contributed by atoms with van der Waals surface area (Å²) in [4.78, 5) is 30.2. The van der Waals surface area contributed by atoms with Crippen LogP contribution in [0.5, 0.6) is 0 Å². The van der Waals surface area contributed by atoms with E-state index in [1.165, 1.54) is 0 Å². The minimum atomic E-state index is -1.18. The van der Waals surface area contributed by atoms with Crippen molar-refractivity contribution < 1.29 is 14.0 Å². The molecule has 5 N–H and O–H groups in total. The second-order valence-electron chi connectivity index (χ2n) is 8.90. The Morgan fingerprint density at radius 3 is 2.67 bits per heavy atom. The van der Waals surface area contributed by atoms with Gasteiger partial charge in [0, 0.05) is 48.2 Å².